The first kappa shape index (κ1) is 19.0. The fourth-order valence-electron chi connectivity index (χ4n) is 1.57. The first-order valence-corrected chi connectivity index (χ1v) is 3.90. The summed E-state index contributed by atoms with van der Waals surface area (Å²) in [6.07, 6.45) is 0. The Bertz CT molecular complexity index is 197. The molecule has 0 aromatic heterocycles. The maximum atomic E-state index is 2.28. The Morgan fingerprint density at radius 3 is 1.08 bits per heavy atom. The molecule has 0 N–H and O–H groups in total. The summed E-state index contributed by atoms with van der Waals surface area (Å²) in [5.41, 5.74) is 6.11. The van der Waals surface area contributed by atoms with Crippen molar-refractivity contribution in [2.24, 2.45) is 5.92 Å². The van der Waals surface area contributed by atoms with E-state index in [9.17, 15) is 0 Å². The van der Waals surface area contributed by atoms with Gasteiger partial charge in [-0.25, -0.2) is 0 Å². The van der Waals surface area contributed by atoms with Gasteiger partial charge in [-0.05, 0) is 44.8 Å². The predicted octanol–water partition coefficient (Wildman–Crippen LogP) is 4.21. The van der Waals surface area contributed by atoms with E-state index in [1.807, 2.05) is 0 Å². The Hall–Kier alpha value is 0.363. The molecule has 0 aromatic rings. The van der Waals surface area contributed by atoms with Crippen LogP contribution < -0.4 is 0 Å². The zero-order valence-corrected chi connectivity index (χ0v) is 12.5. The van der Waals surface area contributed by atoms with Crippen molar-refractivity contribution in [3.05, 3.63) is 37.1 Å². The summed E-state index contributed by atoms with van der Waals surface area (Å²) in [5.74, 6) is 0.694. The van der Waals surface area contributed by atoms with Crippen LogP contribution in [-0.2, 0) is 26.2 Å². The van der Waals surface area contributed by atoms with E-state index < -0.39 is 0 Å². The Balaban J connectivity index is -0.000000333. The van der Waals surface area contributed by atoms with Gasteiger partial charge in [0.15, 0.2) is 0 Å². The fourth-order valence-corrected chi connectivity index (χ4v) is 1.57. The van der Waals surface area contributed by atoms with E-state index in [0.29, 0.717) is 5.92 Å². The van der Waals surface area contributed by atoms with Crippen LogP contribution in [0.2, 0.25) is 0 Å². The van der Waals surface area contributed by atoms with Crippen LogP contribution in [0.4, 0.5) is 0 Å². The zero-order valence-electron chi connectivity index (χ0n) is 10.1. The van der Waals surface area contributed by atoms with Crippen LogP contribution in [0.5, 0.6) is 0 Å². The molecule has 0 atom stereocenters. The summed E-state index contributed by atoms with van der Waals surface area (Å²) in [4.78, 5) is 0. The van der Waals surface area contributed by atoms with Crippen molar-refractivity contribution in [1.29, 1.82) is 0 Å². The molecule has 0 unspecified atom stereocenters. The molecular formula is C12H22Zr. The van der Waals surface area contributed by atoms with Crippen molar-refractivity contribution in [2.45, 2.75) is 34.6 Å². The molecule has 13 heavy (non-hydrogen) atoms. The zero-order chi connectivity index (χ0) is 7.89. The van der Waals surface area contributed by atoms with Crippen LogP contribution >= 0.6 is 0 Å². The third-order valence-corrected chi connectivity index (χ3v) is 3.04. The van der Waals surface area contributed by atoms with Gasteiger partial charge in [-0.1, -0.05) is 18.1 Å². The van der Waals surface area contributed by atoms with Crippen molar-refractivity contribution in [3.8, 4) is 0 Å². The van der Waals surface area contributed by atoms with E-state index >= 15 is 0 Å². The average Bonchev–Trinajstić information content (AvgIpc) is 2.07. The molecule has 1 heteroatoms. The fraction of sp³-hybridized carbons (Fsp3) is 0.500. The Morgan fingerprint density at radius 1 is 0.769 bits per heavy atom. The van der Waals surface area contributed by atoms with Crippen LogP contribution in [0.25, 0.3) is 0 Å². The standard InChI is InChI=1S/C10H16.2CH3.Zr/c1-6-7(2)9(4)10(5)8(6)3;;;/h6H,1-5H3;2*1H3;/q;2*-1;+2. The van der Waals surface area contributed by atoms with Gasteiger partial charge in [-0.15, -0.1) is 0 Å². The third-order valence-electron chi connectivity index (χ3n) is 3.04. The number of hydrogen-bond donors (Lipinski definition) is 0. The molecule has 0 saturated carbocycles. The van der Waals surface area contributed by atoms with E-state index in [2.05, 4.69) is 34.6 Å². The monoisotopic (exact) mass is 256 g/mol. The molecule has 0 aliphatic heterocycles. The van der Waals surface area contributed by atoms with Crippen LogP contribution in [0.15, 0.2) is 22.3 Å². The molecule has 1 rings (SSSR count). The van der Waals surface area contributed by atoms with Gasteiger partial charge in [0.05, 0.1) is 0 Å². The SMILES string of the molecule is CC1=C(C)C(C)C(C)=C1C.[CH3-].[CH3-].[Zr+2]. The molecule has 0 bridgehead atoms. The third kappa shape index (κ3) is 3.20. The van der Waals surface area contributed by atoms with Gasteiger partial charge in [0, 0.05) is 0 Å². The van der Waals surface area contributed by atoms with Crippen LogP contribution in [0, 0.1) is 20.8 Å². The van der Waals surface area contributed by atoms with Crippen molar-refractivity contribution < 1.29 is 26.2 Å². The summed E-state index contributed by atoms with van der Waals surface area (Å²) < 4.78 is 0. The predicted molar refractivity (Wildman–Crippen MR) is 58.7 cm³/mol. The summed E-state index contributed by atoms with van der Waals surface area (Å²) in [6.45, 7) is 11.2. The Kier molecular flexibility index (Phi) is 9.89. The van der Waals surface area contributed by atoms with Gasteiger partial charge in [-0.3, -0.25) is 0 Å². The average molecular weight is 258 g/mol. The molecule has 1 aliphatic rings. The van der Waals surface area contributed by atoms with Crippen molar-refractivity contribution in [2.75, 3.05) is 0 Å². The summed E-state index contributed by atoms with van der Waals surface area (Å²) in [6, 6.07) is 0. The van der Waals surface area contributed by atoms with Crippen LogP contribution in [0.1, 0.15) is 34.6 Å². The van der Waals surface area contributed by atoms with Gasteiger partial charge in [0.1, 0.15) is 0 Å². The van der Waals surface area contributed by atoms with Crippen molar-refractivity contribution in [1.82, 2.24) is 0 Å². The number of hydrogen-bond acceptors (Lipinski definition) is 0. The van der Waals surface area contributed by atoms with Gasteiger partial charge in [0.2, 0.25) is 0 Å². The largest absolute Gasteiger partial charge is 2.00 e. The summed E-state index contributed by atoms with van der Waals surface area (Å²) in [7, 11) is 0. The molecule has 0 spiro atoms. The van der Waals surface area contributed by atoms with E-state index in [0.717, 1.165) is 0 Å². The summed E-state index contributed by atoms with van der Waals surface area (Å²) >= 11 is 0. The smallest absolute Gasteiger partial charge is 0.358 e. The second-order valence-electron chi connectivity index (χ2n) is 3.34. The van der Waals surface area contributed by atoms with Gasteiger partial charge >= 0.3 is 26.2 Å². The quantitative estimate of drug-likeness (QED) is 0.570. The van der Waals surface area contributed by atoms with E-state index in [1.165, 1.54) is 11.1 Å². The molecule has 0 fully saturated rings. The maximum Gasteiger partial charge on any atom is 2.00 e. The molecule has 0 nitrogen and oxygen atoms in total. The van der Waals surface area contributed by atoms with Crippen LogP contribution in [0.3, 0.4) is 0 Å². The van der Waals surface area contributed by atoms with E-state index in [1.54, 1.807) is 11.1 Å². The van der Waals surface area contributed by atoms with Gasteiger partial charge in [-0.2, -0.15) is 0 Å². The first-order valence-electron chi connectivity index (χ1n) is 3.90. The second kappa shape index (κ2) is 6.76. The molecule has 74 valence electrons. The van der Waals surface area contributed by atoms with E-state index in [-0.39, 0.29) is 41.1 Å². The molecule has 1 aliphatic carbocycles. The minimum absolute atomic E-state index is 0. The molecule has 0 amide bonds. The maximum absolute atomic E-state index is 2.28. The second-order valence-corrected chi connectivity index (χ2v) is 3.34. The normalized spacial score (nSPS) is 16.4. The molecule has 0 saturated heterocycles. The van der Waals surface area contributed by atoms with E-state index in [4.69, 9.17) is 0 Å². The van der Waals surface area contributed by atoms with Gasteiger partial charge < -0.3 is 14.9 Å². The minimum atomic E-state index is 0. The molecular weight excluding hydrogens is 235 g/mol. The molecule has 0 heterocycles. The number of allylic oxidation sites excluding steroid dienone is 4. The number of rotatable bonds is 0. The molecule has 0 radical (unpaired) electrons. The van der Waals surface area contributed by atoms with Crippen LogP contribution in [-0.4, -0.2) is 0 Å². The minimum Gasteiger partial charge on any atom is -0.358 e. The first-order chi connectivity index (χ1) is 4.55. The topological polar surface area (TPSA) is 0 Å². The Labute approximate surface area is 104 Å². The van der Waals surface area contributed by atoms with Crippen molar-refractivity contribution in [3.63, 3.8) is 0 Å². The van der Waals surface area contributed by atoms with Gasteiger partial charge in [0.25, 0.3) is 0 Å². The Morgan fingerprint density at radius 2 is 1.00 bits per heavy atom. The van der Waals surface area contributed by atoms with Crippen molar-refractivity contribution >= 4 is 0 Å². The summed E-state index contributed by atoms with van der Waals surface area (Å²) in [5, 5.41) is 0. The molecule has 0 aromatic carbocycles.